The molecule has 5 rings (SSSR count). The standard InChI is InChI=1S/C20H22N6/c1-11(2)26-7-6-13-16(10-26)20(14-8-21-24-12(14)3)23-18-5-4-17-15(19(13)18)9-22-25-17/h4-5,8-9,11H,6-7,10H2,1-3H3,(H,21,24)(H,22,25). The first-order chi connectivity index (χ1) is 12.6. The monoisotopic (exact) mass is 346 g/mol. The van der Waals surface area contributed by atoms with Crippen molar-refractivity contribution in [3.05, 3.63) is 41.3 Å². The Morgan fingerprint density at radius 3 is 2.69 bits per heavy atom. The molecule has 0 bridgehead atoms. The van der Waals surface area contributed by atoms with Crippen LogP contribution in [0, 0.1) is 6.92 Å². The van der Waals surface area contributed by atoms with Crippen LogP contribution in [0.4, 0.5) is 0 Å². The van der Waals surface area contributed by atoms with Crippen LogP contribution in [0.2, 0.25) is 0 Å². The third-order valence-electron chi connectivity index (χ3n) is 5.61. The fourth-order valence-electron chi connectivity index (χ4n) is 4.13. The van der Waals surface area contributed by atoms with Gasteiger partial charge in [0.2, 0.25) is 0 Å². The number of aromatic amines is 2. The molecule has 0 unspecified atom stereocenters. The van der Waals surface area contributed by atoms with E-state index in [1.165, 1.54) is 21.9 Å². The lowest BCUT2D eigenvalue weighted by Gasteiger charge is -2.33. The molecule has 2 N–H and O–H groups in total. The van der Waals surface area contributed by atoms with Crippen LogP contribution in [0.15, 0.2) is 24.5 Å². The molecule has 4 aromatic rings. The topological polar surface area (TPSA) is 73.5 Å². The average molecular weight is 346 g/mol. The molecule has 0 amide bonds. The fraction of sp³-hybridized carbons (Fsp3) is 0.350. The Labute approximate surface area is 151 Å². The highest BCUT2D eigenvalue weighted by atomic mass is 15.2. The number of nitrogens with zero attached hydrogens (tertiary/aromatic N) is 4. The number of rotatable bonds is 2. The maximum Gasteiger partial charge on any atom is 0.0791 e. The summed E-state index contributed by atoms with van der Waals surface area (Å²) in [5.74, 6) is 0. The van der Waals surface area contributed by atoms with Gasteiger partial charge in [0.1, 0.15) is 0 Å². The van der Waals surface area contributed by atoms with Gasteiger partial charge >= 0.3 is 0 Å². The molecular weight excluding hydrogens is 324 g/mol. The van der Waals surface area contributed by atoms with Crippen molar-refractivity contribution in [2.45, 2.75) is 39.8 Å². The van der Waals surface area contributed by atoms with Crippen LogP contribution < -0.4 is 0 Å². The van der Waals surface area contributed by atoms with Crippen molar-refractivity contribution < 1.29 is 0 Å². The van der Waals surface area contributed by atoms with Crippen LogP contribution in [0.5, 0.6) is 0 Å². The quantitative estimate of drug-likeness (QED) is 0.582. The number of nitrogens with one attached hydrogen (secondary N) is 2. The van der Waals surface area contributed by atoms with E-state index in [4.69, 9.17) is 4.98 Å². The van der Waals surface area contributed by atoms with E-state index in [1.54, 1.807) is 0 Å². The van der Waals surface area contributed by atoms with E-state index in [0.29, 0.717) is 6.04 Å². The van der Waals surface area contributed by atoms with E-state index in [0.717, 1.165) is 47.5 Å². The largest absolute Gasteiger partial charge is 0.296 e. The minimum atomic E-state index is 0.516. The predicted octanol–water partition coefficient (Wildman–Crippen LogP) is 3.58. The van der Waals surface area contributed by atoms with Gasteiger partial charge in [0.25, 0.3) is 0 Å². The van der Waals surface area contributed by atoms with E-state index >= 15 is 0 Å². The van der Waals surface area contributed by atoms with Crippen molar-refractivity contribution in [3.8, 4) is 11.3 Å². The van der Waals surface area contributed by atoms with Gasteiger partial charge in [0, 0.05) is 41.2 Å². The highest BCUT2D eigenvalue weighted by molar-refractivity contribution is 6.07. The molecule has 132 valence electrons. The first-order valence-electron chi connectivity index (χ1n) is 9.15. The second-order valence-corrected chi connectivity index (χ2v) is 7.43. The number of aromatic nitrogens is 5. The van der Waals surface area contributed by atoms with Crippen LogP contribution in [0.1, 0.15) is 30.7 Å². The zero-order valence-corrected chi connectivity index (χ0v) is 15.3. The average Bonchev–Trinajstić information content (AvgIpc) is 3.28. The maximum absolute atomic E-state index is 5.09. The molecule has 0 spiro atoms. The summed E-state index contributed by atoms with van der Waals surface area (Å²) in [5.41, 5.74) is 8.06. The van der Waals surface area contributed by atoms with Crippen molar-refractivity contribution in [2.24, 2.45) is 0 Å². The summed E-state index contributed by atoms with van der Waals surface area (Å²) < 4.78 is 0. The van der Waals surface area contributed by atoms with Crippen LogP contribution >= 0.6 is 0 Å². The Morgan fingerprint density at radius 1 is 1.08 bits per heavy atom. The summed E-state index contributed by atoms with van der Waals surface area (Å²) in [6, 6.07) is 4.69. The van der Waals surface area contributed by atoms with Crippen LogP contribution in [-0.4, -0.2) is 42.9 Å². The fourth-order valence-corrected chi connectivity index (χ4v) is 4.13. The van der Waals surface area contributed by atoms with E-state index in [1.807, 2.05) is 12.4 Å². The van der Waals surface area contributed by atoms with E-state index in [9.17, 15) is 0 Å². The predicted molar refractivity (Wildman–Crippen MR) is 103 cm³/mol. The van der Waals surface area contributed by atoms with E-state index in [2.05, 4.69) is 58.2 Å². The zero-order valence-electron chi connectivity index (χ0n) is 15.3. The lowest BCUT2D eigenvalue weighted by Crippen LogP contribution is -2.36. The minimum absolute atomic E-state index is 0.516. The van der Waals surface area contributed by atoms with Crippen molar-refractivity contribution >= 4 is 21.8 Å². The second-order valence-electron chi connectivity index (χ2n) is 7.43. The molecular formula is C20H22N6. The molecule has 3 aromatic heterocycles. The maximum atomic E-state index is 5.09. The van der Waals surface area contributed by atoms with Gasteiger partial charge < -0.3 is 0 Å². The molecule has 1 aliphatic heterocycles. The Hall–Kier alpha value is -2.73. The lowest BCUT2D eigenvalue weighted by atomic mass is 9.90. The van der Waals surface area contributed by atoms with E-state index < -0.39 is 0 Å². The van der Waals surface area contributed by atoms with Gasteiger partial charge in [-0.05, 0) is 50.5 Å². The molecule has 0 saturated heterocycles. The molecule has 1 aliphatic rings. The smallest absolute Gasteiger partial charge is 0.0791 e. The highest BCUT2D eigenvalue weighted by Gasteiger charge is 2.26. The number of hydrogen-bond acceptors (Lipinski definition) is 4. The second kappa shape index (κ2) is 5.64. The Kier molecular flexibility index (Phi) is 3.37. The van der Waals surface area contributed by atoms with Gasteiger partial charge in [0.05, 0.1) is 29.1 Å². The number of aryl methyl sites for hydroxylation is 1. The van der Waals surface area contributed by atoms with Gasteiger partial charge in [-0.15, -0.1) is 0 Å². The van der Waals surface area contributed by atoms with Crippen molar-refractivity contribution in [1.82, 2.24) is 30.3 Å². The summed E-state index contributed by atoms with van der Waals surface area (Å²) in [4.78, 5) is 7.61. The van der Waals surface area contributed by atoms with Gasteiger partial charge in [0.15, 0.2) is 0 Å². The molecule has 0 aliphatic carbocycles. The normalized spacial score (nSPS) is 15.2. The molecule has 0 atom stereocenters. The molecule has 1 aromatic carbocycles. The third-order valence-corrected chi connectivity index (χ3v) is 5.61. The summed E-state index contributed by atoms with van der Waals surface area (Å²) in [5, 5.41) is 17.1. The number of H-pyrrole nitrogens is 2. The van der Waals surface area contributed by atoms with Crippen molar-refractivity contribution in [3.63, 3.8) is 0 Å². The van der Waals surface area contributed by atoms with Gasteiger partial charge in [-0.25, -0.2) is 4.98 Å². The van der Waals surface area contributed by atoms with Crippen LogP contribution in [0.3, 0.4) is 0 Å². The third kappa shape index (κ3) is 2.18. The van der Waals surface area contributed by atoms with Crippen LogP contribution in [-0.2, 0) is 13.0 Å². The molecule has 26 heavy (non-hydrogen) atoms. The van der Waals surface area contributed by atoms with Gasteiger partial charge in [-0.1, -0.05) is 0 Å². The molecule has 4 heterocycles. The molecule has 6 nitrogen and oxygen atoms in total. The highest BCUT2D eigenvalue weighted by Crippen LogP contribution is 2.37. The first kappa shape index (κ1) is 15.5. The van der Waals surface area contributed by atoms with E-state index in [-0.39, 0.29) is 0 Å². The summed E-state index contributed by atoms with van der Waals surface area (Å²) in [7, 11) is 0. The summed E-state index contributed by atoms with van der Waals surface area (Å²) in [6.45, 7) is 8.57. The van der Waals surface area contributed by atoms with Crippen molar-refractivity contribution in [2.75, 3.05) is 6.54 Å². The Morgan fingerprint density at radius 2 is 1.92 bits per heavy atom. The SMILES string of the molecule is Cc1[nH]ncc1-c1nc2ccc3[nH]ncc3c2c2c1CN(C(C)C)CC2. The number of pyridine rings is 1. The first-order valence-corrected chi connectivity index (χ1v) is 9.15. The molecule has 6 heteroatoms. The number of hydrogen-bond donors (Lipinski definition) is 2. The van der Waals surface area contributed by atoms with Gasteiger partial charge in [-0.3, -0.25) is 15.1 Å². The number of benzene rings is 1. The molecule has 0 radical (unpaired) electrons. The minimum Gasteiger partial charge on any atom is -0.296 e. The Bertz CT molecular complexity index is 1120. The number of fused-ring (bicyclic) bond motifs is 5. The summed E-state index contributed by atoms with van der Waals surface area (Å²) in [6.07, 6.45) is 4.85. The molecule has 0 saturated carbocycles. The molecule has 0 fully saturated rings. The van der Waals surface area contributed by atoms with Gasteiger partial charge in [-0.2, -0.15) is 10.2 Å². The lowest BCUT2D eigenvalue weighted by molar-refractivity contribution is 0.204. The van der Waals surface area contributed by atoms with Crippen molar-refractivity contribution in [1.29, 1.82) is 0 Å². The Balaban J connectivity index is 1.86. The zero-order chi connectivity index (χ0) is 17.8. The van der Waals surface area contributed by atoms with Crippen LogP contribution in [0.25, 0.3) is 33.1 Å². The summed E-state index contributed by atoms with van der Waals surface area (Å²) >= 11 is 0.